The highest BCUT2D eigenvalue weighted by atomic mass is 32.2. The largest absolute Gasteiger partial charge is 0.497 e. The molecule has 0 N–H and O–H groups in total. The van der Waals surface area contributed by atoms with E-state index < -0.39 is 10.0 Å². The summed E-state index contributed by atoms with van der Waals surface area (Å²) >= 11 is 0. The molecule has 1 aromatic carbocycles. The quantitative estimate of drug-likeness (QED) is 0.545. The van der Waals surface area contributed by atoms with Gasteiger partial charge in [0.1, 0.15) is 17.1 Å². The topological polar surface area (TPSA) is 86.5 Å². The molecule has 3 aromatic rings. The highest BCUT2D eigenvalue weighted by Gasteiger charge is 2.33. The average molecular weight is 431 g/mol. The maximum Gasteiger partial charge on any atom is 0.243 e. The lowest BCUT2D eigenvalue weighted by Gasteiger charge is -2.17. The summed E-state index contributed by atoms with van der Waals surface area (Å²) in [5, 5.41) is 0. The Hall–Kier alpha value is -2.49. The molecule has 8 nitrogen and oxygen atoms in total. The van der Waals surface area contributed by atoms with E-state index >= 15 is 0 Å². The number of pyridine rings is 1. The Morgan fingerprint density at radius 1 is 1.17 bits per heavy atom. The van der Waals surface area contributed by atoms with Gasteiger partial charge in [-0.25, -0.2) is 18.4 Å². The molecule has 1 fully saturated rings. The van der Waals surface area contributed by atoms with Crippen LogP contribution in [0, 0.1) is 5.92 Å². The average Bonchev–Trinajstić information content (AvgIpc) is 3.37. The van der Waals surface area contributed by atoms with Crippen molar-refractivity contribution in [1.82, 2.24) is 18.8 Å². The molecular weight excluding hydrogens is 404 g/mol. The molecule has 3 heterocycles. The van der Waals surface area contributed by atoms with Crippen molar-refractivity contribution in [3.05, 3.63) is 48.4 Å². The molecule has 1 atom stereocenters. The first-order chi connectivity index (χ1) is 14.5. The van der Waals surface area contributed by atoms with E-state index in [0.717, 1.165) is 23.4 Å². The normalized spacial score (nSPS) is 17.6. The summed E-state index contributed by atoms with van der Waals surface area (Å²) in [5.41, 5.74) is 1.69. The SMILES string of the molecule is COCCn1c(CC2CCN(S(=O)(=O)c3ccc(OC)cc3)C2)nc2cccnc21. The number of nitrogens with zero attached hydrogens (tertiary/aromatic N) is 4. The minimum Gasteiger partial charge on any atom is -0.497 e. The highest BCUT2D eigenvalue weighted by Crippen LogP contribution is 2.28. The van der Waals surface area contributed by atoms with E-state index in [4.69, 9.17) is 14.5 Å². The van der Waals surface area contributed by atoms with Gasteiger partial charge in [0.25, 0.3) is 0 Å². The van der Waals surface area contributed by atoms with Crippen molar-refractivity contribution in [3.8, 4) is 5.75 Å². The second-order valence-corrected chi connectivity index (χ2v) is 9.35. The second-order valence-electron chi connectivity index (χ2n) is 7.42. The van der Waals surface area contributed by atoms with Crippen molar-refractivity contribution in [2.45, 2.75) is 24.3 Å². The zero-order valence-electron chi connectivity index (χ0n) is 17.2. The zero-order chi connectivity index (χ0) is 21.1. The molecule has 2 aromatic heterocycles. The van der Waals surface area contributed by atoms with E-state index in [9.17, 15) is 8.42 Å². The molecule has 4 rings (SSSR count). The molecule has 0 amide bonds. The van der Waals surface area contributed by atoms with Gasteiger partial charge < -0.3 is 14.0 Å². The molecule has 1 unspecified atom stereocenters. The van der Waals surface area contributed by atoms with E-state index in [1.54, 1.807) is 49.0 Å². The van der Waals surface area contributed by atoms with Crippen LogP contribution in [0.25, 0.3) is 11.2 Å². The minimum atomic E-state index is -3.52. The molecule has 0 bridgehead atoms. The van der Waals surface area contributed by atoms with Crippen molar-refractivity contribution in [2.75, 3.05) is 33.9 Å². The smallest absolute Gasteiger partial charge is 0.243 e. The Labute approximate surface area is 176 Å². The molecule has 0 aliphatic carbocycles. The van der Waals surface area contributed by atoms with E-state index in [2.05, 4.69) is 9.55 Å². The van der Waals surface area contributed by atoms with Gasteiger partial charge in [0.15, 0.2) is 5.65 Å². The Morgan fingerprint density at radius 2 is 1.97 bits per heavy atom. The number of fused-ring (bicyclic) bond motifs is 1. The molecule has 160 valence electrons. The van der Waals surface area contributed by atoms with Crippen LogP contribution in [0.4, 0.5) is 0 Å². The molecule has 0 saturated carbocycles. The van der Waals surface area contributed by atoms with Gasteiger partial charge in [0.05, 0.1) is 18.6 Å². The van der Waals surface area contributed by atoms with Gasteiger partial charge in [-0.05, 0) is 48.7 Å². The standard InChI is InChI=1S/C21H26N4O4S/c1-28-13-12-25-20(23-19-4-3-10-22-21(19)25)14-16-9-11-24(15-16)30(26,27)18-7-5-17(29-2)6-8-18/h3-8,10,16H,9,11-15H2,1-2H3. The van der Waals surface area contributed by atoms with Crippen LogP contribution >= 0.6 is 0 Å². The Balaban J connectivity index is 1.51. The summed E-state index contributed by atoms with van der Waals surface area (Å²) in [7, 11) is -0.288. The number of hydrogen-bond acceptors (Lipinski definition) is 6. The van der Waals surface area contributed by atoms with Crippen LogP contribution in [0.2, 0.25) is 0 Å². The lowest BCUT2D eigenvalue weighted by atomic mass is 10.0. The van der Waals surface area contributed by atoms with Crippen molar-refractivity contribution in [3.63, 3.8) is 0 Å². The van der Waals surface area contributed by atoms with Crippen LogP contribution in [0.5, 0.6) is 5.75 Å². The number of hydrogen-bond donors (Lipinski definition) is 0. The molecule has 30 heavy (non-hydrogen) atoms. The number of benzene rings is 1. The monoisotopic (exact) mass is 430 g/mol. The van der Waals surface area contributed by atoms with Crippen LogP contribution in [-0.4, -0.2) is 61.2 Å². The predicted octanol–water partition coefficient (Wildman–Crippen LogP) is 2.34. The van der Waals surface area contributed by atoms with Gasteiger partial charge in [-0.3, -0.25) is 0 Å². The first kappa shape index (κ1) is 20.8. The molecule has 0 radical (unpaired) electrons. The molecular formula is C21H26N4O4S. The maximum absolute atomic E-state index is 13.0. The van der Waals surface area contributed by atoms with Crippen molar-refractivity contribution in [1.29, 1.82) is 0 Å². The third kappa shape index (κ3) is 4.05. The van der Waals surface area contributed by atoms with Gasteiger partial charge in [0.2, 0.25) is 10.0 Å². The van der Waals surface area contributed by atoms with Crippen LogP contribution < -0.4 is 4.74 Å². The first-order valence-corrected chi connectivity index (χ1v) is 11.4. The van der Waals surface area contributed by atoms with E-state index in [0.29, 0.717) is 43.3 Å². The first-order valence-electron chi connectivity index (χ1n) is 9.96. The van der Waals surface area contributed by atoms with Crippen LogP contribution in [0.15, 0.2) is 47.5 Å². The van der Waals surface area contributed by atoms with Crippen LogP contribution in [-0.2, 0) is 27.7 Å². The van der Waals surface area contributed by atoms with Gasteiger partial charge in [-0.1, -0.05) is 0 Å². The summed E-state index contributed by atoms with van der Waals surface area (Å²) in [4.78, 5) is 9.51. The van der Waals surface area contributed by atoms with Crippen LogP contribution in [0.3, 0.4) is 0 Å². The van der Waals surface area contributed by atoms with Crippen molar-refractivity contribution < 1.29 is 17.9 Å². The zero-order valence-corrected chi connectivity index (χ0v) is 18.0. The summed E-state index contributed by atoms with van der Waals surface area (Å²) in [6.07, 6.45) is 3.26. The number of aromatic nitrogens is 3. The molecule has 1 saturated heterocycles. The van der Waals surface area contributed by atoms with Crippen molar-refractivity contribution in [2.24, 2.45) is 5.92 Å². The number of methoxy groups -OCH3 is 2. The highest BCUT2D eigenvalue weighted by molar-refractivity contribution is 7.89. The number of imidazole rings is 1. The number of ether oxygens (including phenoxy) is 2. The maximum atomic E-state index is 13.0. The fourth-order valence-electron chi connectivity index (χ4n) is 3.92. The lowest BCUT2D eigenvalue weighted by molar-refractivity contribution is 0.187. The van der Waals surface area contributed by atoms with Gasteiger partial charge in [-0.2, -0.15) is 4.31 Å². The Bertz CT molecular complexity index is 1110. The third-order valence-corrected chi connectivity index (χ3v) is 7.40. The summed E-state index contributed by atoms with van der Waals surface area (Å²) in [6.45, 7) is 2.22. The predicted molar refractivity (Wildman–Crippen MR) is 113 cm³/mol. The molecule has 0 spiro atoms. The van der Waals surface area contributed by atoms with Gasteiger partial charge in [-0.15, -0.1) is 0 Å². The third-order valence-electron chi connectivity index (χ3n) is 5.52. The van der Waals surface area contributed by atoms with Gasteiger partial charge in [0, 0.05) is 39.4 Å². The molecule has 1 aliphatic heterocycles. The summed E-state index contributed by atoms with van der Waals surface area (Å²) in [6, 6.07) is 10.4. The summed E-state index contributed by atoms with van der Waals surface area (Å²) in [5.74, 6) is 1.77. The van der Waals surface area contributed by atoms with E-state index in [1.807, 2.05) is 12.1 Å². The van der Waals surface area contributed by atoms with E-state index in [-0.39, 0.29) is 5.92 Å². The Morgan fingerprint density at radius 3 is 2.70 bits per heavy atom. The minimum absolute atomic E-state index is 0.205. The summed E-state index contributed by atoms with van der Waals surface area (Å²) < 4.78 is 40.1. The number of sulfonamides is 1. The molecule has 1 aliphatic rings. The lowest BCUT2D eigenvalue weighted by Crippen LogP contribution is -2.29. The second kappa shape index (κ2) is 8.71. The Kier molecular flexibility index (Phi) is 6.03. The number of rotatable bonds is 8. The van der Waals surface area contributed by atoms with E-state index in [1.165, 1.54) is 0 Å². The molecule has 9 heteroatoms. The van der Waals surface area contributed by atoms with Crippen LogP contribution in [0.1, 0.15) is 12.2 Å². The fourth-order valence-corrected chi connectivity index (χ4v) is 5.45. The van der Waals surface area contributed by atoms with Crippen molar-refractivity contribution >= 4 is 21.2 Å². The fraction of sp³-hybridized carbons (Fsp3) is 0.429. The van der Waals surface area contributed by atoms with Gasteiger partial charge >= 0.3 is 0 Å².